The van der Waals surface area contributed by atoms with Crippen LogP contribution in [-0.4, -0.2) is 45.6 Å². The molecule has 0 bridgehead atoms. The maximum Gasteiger partial charge on any atom is 0.310 e. The highest BCUT2D eigenvalue weighted by Crippen LogP contribution is 2.65. The van der Waals surface area contributed by atoms with Crippen molar-refractivity contribution in [3.63, 3.8) is 0 Å². The Morgan fingerprint density at radius 3 is 2.53 bits per heavy atom. The first-order chi connectivity index (χ1) is 14.9. The Labute approximate surface area is 186 Å². The van der Waals surface area contributed by atoms with Gasteiger partial charge in [-0.15, -0.1) is 0 Å². The van der Waals surface area contributed by atoms with Crippen molar-refractivity contribution in [1.82, 2.24) is 0 Å². The van der Waals surface area contributed by atoms with Gasteiger partial charge in [-0.3, -0.25) is 18.6 Å². The van der Waals surface area contributed by atoms with E-state index in [1.807, 2.05) is 13.8 Å². The number of methoxy groups -OCH3 is 1. The molecule has 2 aliphatic carbocycles. The van der Waals surface area contributed by atoms with E-state index >= 15 is 0 Å². The first-order valence-electron chi connectivity index (χ1n) is 10.6. The molecule has 32 heavy (non-hydrogen) atoms. The molecule has 1 aromatic heterocycles. The number of furan rings is 1. The average Bonchev–Trinajstić information content (AvgIpc) is 3.22. The minimum absolute atomic E-state index is 0.0814. The number of hydrogen-bond donors (Lipinski definition) is 0. The van der Waals surface area contributed by atoms with Crippen molar-refractivity contribution in [2.75, 3.05) is 13.4 Å². The number of ether oxygens (including phenoxy) is 2. The van der Waals surface area contributed by atoms with Gasteiger partial charge in [-0.1, -0.05) is 13.8 Å². The van der Waals surface area contributed by atoms with E-state index < -0.39 is 68.6 Å². The van der Waals surface area contributed by atoms with Crippen LogP contribution in [0.5, 0.6) is 0 Å². The van der Waals surface area contributed by atoms with Gasteiger partial charge in [0.2, 0.25) is 0 Å². The molecule has 4 rings (SSSR count). The zero-order valence-corrected chi connectivity index (χ0v) is 19.3. The number of fused-ring (bicyclic) bond motifs is 3. The maximum atomic E-state index is 13.7. The molecular weight excluding hydrogens is 440 g/mol. The molecule has 1 aromatic rings. The number of ketones is 1. The Morgan fingerprint density at radius 1 is 1.22 bits per heavy atom. The van der Waals surface area contributed by atoms with Crippen molar-refractivity contribution in [2.24, 2.45) is 28.6 Å². The van der Waals surface area contributed by atoms with E-state index in [0.717, 1.165) is 6.26 Å². The average molecular weight is 469 g/mol. The van der Waals surface area contributed by atoms with Gasteiger partial charge in [0.05, 0.1) is 37.7 Å². The van der Waals surface area contributed by atoms with Gasteiger partial charge >= 0.3 is 11.9 Å². The Hall–Kier alpha value is -2.20. The normalized spacial score (nSPS) is 39.6. The molecule has 3 fully saturated rings. The van der Waals surface area contributed by atoms with Crippen molar-refractivity contribution in [1.29, 1.82) is 0 Å². The topological polar surface area (TPSA) is 126 Å². The molecule has 2 saturated carbocycles. The van der Waals surface area contributed by atoms with Crippen LogP contribution in [0.15, 0.2) is 23.0 Å². The van der Waals surface area contributed by atoms with E-state index in [1.54, 1.807) is 6.07 Å². The molecule has 7 atom stereocenters. The number of hydrogen-bond acceptors (Lipinski definition) is 9. The molecular formula is C22H28O9S. The van der Waals surface area contributed by atoms with Gasteiger partial charge in [0, 0.05) is 11.5 Å². The lowest BCUT2D eigenvalue weighted by molar-refractivity contribution is -0.206. The van der Waals surface area contributed by atoms with Crippen LogP contribution in [0.25, 0.3) is 0 Å². The van der Waals surface area contributed by atoms with Crippen LogP contribution in [0.4, 0.5) is 0 Å². The summed E-state index contributed by atoms with van der Waals surface area (Å²) in [5.74, 6) is -3.40. The van der Waals surface area contributed by atoms with Gasteiger partial charge in [0.15, 0.2) is 5.78 Å². The molecule has 1 saturated heterocycles. The van der Waals surface area contributed by atoms with Crippen molar-refractivity contribution in [3.05, 3.63) is 24.2 Å². The second-order valence-electron chi connectivity index (χ2n) is 9.73. The second-order valence-corrected chi connectivity index (χ2v) is 11.3. The van der Waals surface area contributed by atoms with E-state index in [-0.39, 0.29) is 6.42 Å². The second kappa shape index (κ2) is 7.69. The molecule has 2 heterocycles. The van der Waals surface area contributed by atoms with Crippen LogP contribution in [0.2, 0.25) is 0 Å². The molecule has 9 nitrogen and oxygen atoms in total. The Bertz CT molecular complexity index is 1030. The van der Waals surface area contributed by atoms with Crippen LogP contribution < -0.4 is 0 Å². The standard InChI is InChI=1S/C22H28O9S/c1-21-7-5-13-20(25)30-16(12-6-8-29-11-12)10-22(13,2)18(21)17(23)15(31-32(4,26)27)9-14(21)19(24)28-3/h6,8,11,13-16,18H,5,7,9-10H2,1-4H3/t13?,14-,15+,16-,18?,21-,22-/m0/s1. The summed E-state index contributed by atoms with van der Waals surface area (Å²) in [4.78, 5) is 39.6. The summed E-state index contributed by atoms with van der Waals surface area (Å²) in [5.41, 5.74) is -1.000. The van der Waals surface area contributed by atoms with Crippen molar-refractivity contribution < 1.29 is 40.9 Å². The lowest BCUT2D eigenvalue weighted by Gasteiger charge is -2.61. The molecule has 1 aliphatic heterocycles. The van der Waals surface area contributed by atoms with E-state index in [9.17, 15) is 22.8 Å². The molecule has 0 radical (unpaired) electrons. The summed E-state index contributed by atoms with van der Waals surface area (Å²) in [5, 5.41) is 0. The zero-order chi connectivity index (χ0) is 23.5. The summed E-state index contributed by atoms with van der Waals surface area (Å²) < 4.78 is 44.8. The molecule has 10 heteroatoms. The first kappa shape index (κ1) is 23.0. The molecule has 2 unspecified atom stereocenters. The first-order valence-corrected chi connectivity index (χ1v) is 12.4. The third kappa shape index (κ3) is 3.57. The number of carbonyl (C=O) groups is 3. The predicted octanol–water partition coefficient (Wildman–Crippen LogP) is 2.41. The third-order valence-electron chi connectivity index (χ3n) is 7.79. The van der Waals surface area contributed by atoms with Crippen molar-refractivity contribution in [2.45, 2.75) is 51.7 Å². The Kier molecular flexibility index (Phi) is 5.52. The number of esters is 2. The smallest absolute Gasteiger partial charge is 0.310 e. The number of carbonyl (C=O) groups excluding carboxylic acids is 3. The van der Waals surface area contributed by atoms with Crippen LogP contribution in [0.1, 0.15) is 51.2 Å². The molecule has 0 spiro atoms. The molecule has 176 valence electrons. The minimum atomic E-state index is -3.95. The van der Waals surface area contributed by atoms with Crippen LogP contribution >= 0.6 is 0 Å². The van der Waals surface area contributed by atoms with Crippen LogP contribution in [0, 0.1) is 28.6 Å². The summed E-state index contributed by atoms with van der Waals surface area (Å²) >= 11 is 0. The number of Topliss-reactive ketones (excluding diaryl/α,β-unsaturated/α-hetero) is 1. The fraction of sp³-hybridized carbons (Fsp3) is 0.682. The monoisotopic (exact) mass is 468 g/mol. The number of rotatable bonds is 4. The van der Waals surface area contributed by atoms with Gasteiger partial charge in [0.25, 0.3) is 10.1 Å². The summed E-state index contributed by atoms with van der Waals surface area (Å²) in [6.45, 7) is 3.73. The summed E-state index contributed by atoms with van der Waals surface area (Å²) in [6, 6.07) is 1.71. The highest BCUT2D eigenvalue weighted by Gasteiger charge is 2.67. The SMILES string of the molecule is COC(=O)[C@@H]1C[C@@H](OS(C)(=O)=O)C(=O)C2[C@@]3(C)C[C@@H](c4ccoc4)OC(=O)C3CC[C@]21C. The quantitative estimate of drug-likeness (QED) is 0.483. The van der Waals surface area contributed by atoms with Crippen LogP contribution in [0.3, 0.4) is 0 Å². The largest absolute Gasteiger partial charge is 0.472 e. The lowest BCUT2D eigenvalue weighted by Crippen LogP contribution is -2.64. The van der Waals surface area contributed by atoms with E-state index in [1.165, 1.54) is 19.6 Å². The Morgan fingerprint density at radius 2 is 1.94 bits per heavy atom. The highest BCUT2D eigenvalue weighted by atomic mass is 32.2. The maximum absolute atomic E-state index is 13.7. The van der Waals surface area contributed by atoms with E-state index in [2.05, 4.69) is 0 Å². The van der Waals surface area contributed by atoms with Crippen molar-refractivity contribution >= 4 is 27.8 Å². The Balaban J connectivity index is 1.81. The zero-order valence-electron chi connectivity index (χ0n) is 18.5. The molecule has 3 aliphatic rings. The molecule has 0 amide bonds. The van der Waals surface area contributed by atoms with Gasteiger partial charge in [-0.2, -0.15) is 8.42 Å². The third-order valence-corrected chi connectivity index (χ3v) is 8.38. The van der Waals surface area contributed by atoms with Gasteiger partial charge in [-0.25, -0.2) is 0 Å². The minimum Gasteiger partial charge on any atom is -0.472 e. The summed E-state index contributed by atoms with van der Waals surface area (Å²) in [7, 11) is -2.69. The number of cyclic esters (lactones) is 1. The van der Waals surface area contributed by atoms with Gasteiger partial charge < -0.3 is 13.9 Å². The summed E-state index contributed by atoms with van der Waals surface area (Å²) in [6.07, 6.45) is 3.09. The van der Waals surface area contributed by atoms with Crippen LogP contribution in [-0.2, 0) is 38.2 Å². The molecule has 0 aromatic carbocycles. The predicted molar refractivity (Wildman–Crippen MR) is 109 cm³/mol. The van der Waals surface area contributed by atoms with Gasteiger partial charge in [-0.05, 0) is 42.6 Å². The van der Waals surface area contributed by atoms with Crippen molar-refractivity contribution in [3.8, 4) is 0 Å². The van der Waals surface area contributed by atoms with E-state index in [0.29, 0.717) is 24.8 Å². The fourth-order valence-corrected chi connectivity index (χ4v) is 7.05. The van der Waals surface area contributed by atoms with E-state index in [4.69, 9.17) is 18.1 Å². The van der Waals surface area contributed by atoms with Gasteiger partial charge in [0.1, 0.15) is 12.2 Å². The lowest BCUT2D eigenvalue weighted by atomic mass is 9.43. The fourth-order valence-electron chi connectivity index (χ4n) is 6.45. The molecule has 0 N–H and O–H groups in total. The highest BCUT2D eigenvalue weighted by molar-refractivity contribution is 7.86.